The minimum Gasteiger partial charge on any atom is -0.391 e. The zero-order chi connectivity index (χ0) is 16.9. The number of hydrogen-bond acceptors (Lipinski definition) is 4. The number of aliphatic hydroxyl groups is 1. The van der Waals surface area contributed by atoms with Gasteiger partial charge in [-0.15, -0.1) is 0 Å². The number of pyridine rings is 1. The summed E-state index contributed by atoms with van der Waals surface area (Å²) in [4.78, 5) is 17.6. The van der Waals surface area contributed by atoms with E-state index in [0.717, 1.165) is 25.8 Å². The number of nitrogens with zero attached hydrogens (tertiary/aromatic N) is 4. The Hall–Kier alpha value is -2.41. The molecule has 1 fully saturated rings. The average Bonchev–Trinajstić information content (AvgIpc) is 3.35. The van der Waals surface area contributed by atoms with Crippen molar-refractivity contribution in [1.82, 2.24) is 19.7 Å². The second-order valence-corrected chi connectivity index (χ2v) is 6.28. The van der Waals surface area contributed by atoms with Crippen LogP contribution in [0.2, 0.25) is 0 Å². The largest absolute Gasteiger partial charge is 0.391 e. The van der Waals surface area contributed by atoms with E-state index in [4.69, 9.17) is 0 Å². The minimum absolute atomic E-state index is 0.255. The zero-order valence-corrected chi connectivity index (χ0v) is 13.8. The van der Waals surface area contributed by atoms with Crippen molar-refractivity contribution in [3.63, 3.8) is 0 Å². The molecule has 2 aromatic rings. The molecule has 1 unspecified atom stereocenters. The Morgan fingerprint density at radius 3 is 2.88 bits per heavy atom. The van der Waals surface area contributed by atoms with Gasteiger partial charge in [0.2, 0.25) is 0 Å². The lowest BCUT2D eigenvalue weighted by atomic mass is 10.2. The van der Waals surface area contributed by atoms with Crippen molar-refractivity contribution in [3.05, 3.63) is 42.4 Å². The van der Waals surface area contributed by atoms with E-state index in [0.29, 0.717) is 18.3 Å². The van der Waals surface area contributed by atoms with Crippen molar-refractivity contribution in [2.24, 2.45) is 5.92 Å². The Labute approximate surface area is 141 Å². The first-order chi connectivity index (χ1) is 11.6. The molecule has 0 aromatic carbocycles. The molecule has 2 N–H and O–H groups in total. The van der Waals surface area contributed by atoms with Gasteiger partial charge in [0.1, 0.15) is 0 Å². The van der Waals surface area contributed by atoms with Crippen molar-refractivity contribution in [3.8, 4) is 0 Å². The summed E-state index contributed by atoms with van der Waals surface area (Å²) in [5, 5.41) is 17.0. The summed E-state index contributed by atoms with van der Waals surface area (Å²) < 4.78 is 1.80. The lowest BCUT2D eigenvalue weighted by Gasteiger charge is -2.20. The molecular formula is C17H23N5O2. The second-order valence-electron chi connectivity index (χ2n) is 6.28. The normalized spacial score (nSPS) is 15.1. The van der Waals surface area contributed by atoms with E-state index in [1.165, 1.54) is 10.5 Å². The van der Waals surface area contributed by atoms with Crippen LogP contribution < -0.4 is 5.32 Å². The Balaban J connectivity index is 1.47. The Kier molecular flexibility index (Phi) is 5.10. The first-order valence-corrected chi connectivity index (χ1v) is 8.24. The molecule has 7 heteroatoms. The van der Waals surface area contributed by atoms with E-state index in [-0.39, 0.29) is 6.03 Å². The molecule has 24 heavy (non-hydrogen) atoms. The third-order valence-electron chi connectivity index (χ3n) is 4.23. The second kappa shape index (κ2) is 7.44. The van der Waals surface area contributed by atoms with Crippen LogP contribution >= 0.6 is 0 Å². The molecule has 2 aromatic heterocycles. The van der Waals surface area contributed by atoms with Crippen molar-refractivity contribution >= 4 is 11.8 Å². The van der Waals surface area contributed by atoms with Gasteiger partial charge in [-0.2, -0.15) is 5.10 Å². The molecule has 2 amide bonds. The van der Waals surface area contributed by atoms with Crippen molar-refractivity contribution in [2.75, 3.05) is 18.9 Å². The Morgan fingerprint density at radius 2 is 2.17 bits per heavy atom. The first-order valence-electron chi connectivity index (χ1n) is 8.24. The molecule has 0 aliphatic heterocycles. The van der Waals surface area contributed by atoms with E-state index in [1.54, 1.807) is 30.2 Å². The van der Waals surface area contributed by atoms with Gasteiger partial charge >= 0.3 is 6.03 Å². The van der Waals surface area contributed by atoms with Gasteiger partial charge in [0.25, 0.3) is 0 Å². The summed E-state index contributed by atoms with van der Waals surface area (Å²) in [6.45, 7) is 1.08. The van der Waals surface area contributed by atoms with Crippen molar-refractivity contribution < 1.29 is 9.90 Å². The SMILES string of the molecule is CN(CC(O)C1CC1)C(=O)Nc1ccn(CCc2ccncc2)n1. The van der Waals surface area contributed by atoms with Crippen molar-refractivity contribution in [1.29, 1.82) is 0 Å². The molecule has 0 saturated heterocycles. The van der Waals surface area contributed by atoms with Gasteiger partial charge in [0.15, 0.2) is 5.82 Å². The van der Waals surface area contributed by atoms with Crippen LogP contribution in [0.5, 0.6) is 0 Å². The fourth-order valence-corrected chi connectivity index (χ4v) is 2.54. The number of likely N-dealkylation sites (N-methyl/N-ethyl adjacent to an activating group) is 1. The van der Waals surface area contributed by atoms with Gasteiger partial charge in [0, 0.05) is 44.8 Å². The van der Waals surface area contributed by atoms with Crippen molar-refractivity contribution in [2.45, 2.75) is 31.9 Å². The molecule has 0 spiro atoms. The number of anilines is 1. The molecular weight excluding hydrogens is 306 g/mol. The number of nitrogens with one attached hydrogen (secondary N) is 1. The fraction of sp³-hybridized carbons (Fsp3) is 0.471. The molecule has 1 aliphatic carbocycles. The monoisotopic (exact) mass is 329 g/mol. The molecule has 1 aliphatic rings. The van der Waals surface area contributed by atoms with Crippen LogP contribution in [0.1, 0.15) is 18.4 Å². The van der Waals surface area contributed by atoms with E-state index in [1.807, 2.05) is 18.3 Å². The van der Waals surface area contributed by atoms with Gasteiger partial charge < -0.3 is 10.0 Å². The van der Waals surface area contributed by atoms with Gasteiger partial charge in [-0.1, -0.05) is 0 Å². The predicted octanol–water partition coefficient (Wildman–Crippen LogP) is 1.76. The number of aryl methyl sites for hydroxylation is 2. The summed E-state index contributed by atoms with van der Waals surface area (Å²) in [7, 11) is 1.68. The molecule has 2 heterocycles. The maximum Gasteiger partial charge on any atom is 0.322 e. The van der Waals surface area contributed by atoms with Gasteiger partial charge in [-0.3, -0.25) is 15.0 Å². The Morgan fingerprint density at radius 1 is 1.42 bits per heavy atom. The van der Waals surface area contributed by atoms with Gasteiger partial charge in [-0.05, 0) is 42.9 Å². The minimum atomic E-state index is -0.432. The number of rotatable bonds is 7. The van der Waals surface area contributed by atoms with Crippen LogP contribution in [-0.2, 0) is 13.0 Å². The van der Waals surface area contributed by atoms with E-state index >= 15 is 0 Å². The quantitative estimate of drug-likeness (QED) is 0.811. The van der Waals surface area contributed by atoms with Crippen LogP contribution in [0.3, 0.4) is 0 Å². The standard InChI is InChI=1S/C17H23N5O2/c1-21(12-15(23)14-2-3-14)17(24)19-16-7-11-22(20-16)10-6-13-4-8-18-9-5-13/h4-5,7-9,11,14-15,23H,2-3,6,10,12H2,1H3,(H,19,20,24). The molecule has 0 radical (unpaired) electrons. The van der Waals surface area contributed by atoms with Crippen LogP contribution in [-0.4, -0.2) is 50.5 Å². The summed E-state index contributed by atoms with van der Waals surface area (Å²) in [5.41, 5.74) is 1.19. The third-order valence-corrected chi connectivity index (χ3v) is 4.23. The molecule has 0 bridgehead atoms. The van der Waals surface area contributed by atoms with Gasteiger partial charge in [-0.25, -0.2) is 4.79 Å². The number of carbonyl (C=O) groups excluding carboxylic acids is 1. The van der Waals surface area contributed by atoms with Crippen LogP contribution in [0.4, 0.5) is 10.6 Å². The van der Waals surface area contributed by atoms with Crippen LogP contribution in [0.15, 0.2) is 36.8 Å². The fourth-order valence-electron chi connectivity index (χ4n) is 2.54. The highest BCUT2D eigenvalue weighted by molar-refractivity contribution is 5.88. The van der Waals surface area contributed by atoms with E-state index in [2.05, 4.69) is 15.4 Å². The predicted molar refractivity (Wildman–Crippen MR) is 90.5 cm³/mol. The van der Waals surface area contributed by atoms with E-state index < -0.39 is 6.10 Å². The molecule has 3 rings (SSSR count). The van der Waals surface area contributed by atoms with Crippen LogP contribution in [0, 0.1) is 5.92 Å². The number of hydrogen-bond donors (Lipinski definition) is 2. The maximum absolute atomic E-state index is 12.1. The lowest BCUT2D eigenvalue weighted by molar-refractivity contribution is 0.117. The highest BCUT2D eigenvalue weighted by atomic mass is 16.3. The highest BCUT2D eigenvalue weighted by Gasteiger charge is 2.31. The number of amides is 2. The van der Waals surface area contributed by atoms with Gasteiger partial charge in [0.05, 0.1) is 6.10 Å². The Bertz CT molecular complexity index is 669. The number of aliphatic hydroxyl groups excluding tert-OH is 1. The smallest absolute Gasteiger partial charge is 0.322 e. The number of urea groups is 1. The van der Waals surface area contributed by atoms with Crippen LogP contribution in [0.25, 0.3) is 0 Å². The zero-order valence-electron chi connectivity index (χ0n) is 13.8. The lowest BCUT2D eigenvalue weighted by Crippen LogP contribution is -2.38. The third kappa shape index (κ3) is 4.55. The average molecular weight is 329 g/mol. The first kappa shape index (κ1) is 16.4. The van der Waals surface area contributed by atoms with E-state index in [9.17, 15) is 9.90 Å². The number of aromatic nitrogens is 3. The maximum atomic E-state index is 12.1. The molecule has 7 nitrogen and oxygen atoms in total. The number of carbonyl (C=O) groups is 1. The molecule has 128 valence electrons. The molecule has 1 saturated carbocycles. The summed E-state index contributed by atoms with van der Waals surface area (Å²) in [6.07, 6.45) is 7.92. The summed E-state index contributed by atoms with van der Waals surface area (Å²) in [5.74, 6) is 0.870. The molecule has 1 atom stereocenters. The summed E-state index contributed by atoms with van der Waals surface area (Å²) in [6, 6.07) is 5.47. The highest BCUT2D eigenvalue weighted by Crippen LogP contribution is 2.32. The topological polar surface area (TPSA) is 83.3 Å². The summed E-state index contributed by atoms with van der Waals surface area (Å²) >= 11 is 0.